The molecule has 5 atom stereocenters. The number of hydrogen-bond acceptors (Lipinski definition) is 9. The number of methoxy groups -OCH3 is 1. The van der Waals surface area contributed by atoms with Crippen molar-refractivity contribution >= 4 is 46.9 Å². The molecule has 19 heteroatoms. The Bertz CT molecular complexity index is 2460. The molecule has 332 valence electrons. The van der Waals surface area contributed by atoms with E-state index >= 15 is 0 Å². The first-order chi connectivity index (χ1) is 29.9. The minimum Gasteiger partial charge on any atom is -0.453 e. The lowest BCUT2D eigenvalue weighted by Crippen LogP contribution is -2.58. The van der Waals surface area contributed by atoms with Crippen molar-refractivity contribution in [2.75, 3.05) is 37.0 Å². The zero-order valence-electron chi connectivity index (χ0n) is 35.5. The van der Waals surface area contributed by atoms with E-state index in [2.05, 4.69) is 35.6 Å². The molecule has 15 nitrogen and oxygen atoms in total. The second-order valence-electron chi connectivity index (χ2n) is 16.5. The lowest BCUT2D eigenvalue weighted by Gasteiger charge is -2.44. The topological polar surface area (TPSA) is 182 Å². The highest BCUT2D eigenvalue weighted by Crippen LogP contribution is 2.42. The molecule has 0 bridgehead atoms. The van der Waals surface area contributed by atoms with Crippen molar-refractivity contribution in [1.29, 1.82) is 0 Å². The van der Waals surface area contributed by atoms with Crippen LogP contribution in [0.4, 0.5) is 29.5 Å². The van der Waals surface area contributed by atoms with E-state index in [-0.39, 0.29) is 69.2 Å². The Labute approximate surface area is 366 Å². The highest BCUT2D eigenvalue weighted by atomic mass is 35.5. The van der Waals surface area contributed by atoms with Crippen LogP contribution in [-0.2, 0) is 15.7 Å². The summed E-state index contributed by atoms with van der Waals surface area (Å²) in [6.45, 7) is 11.0. The van der Waals surface area contributed by atoms with E-state index in [0.29, 0.717) is 54.6 Å². The highest BCUT2D eigenvalue weighted by molar-refractivity contribution is 6.34. The predicted octanol–water partition coefficient (Wildman–Crippen LogP) is 7.82. The Morgan fingerprint density at radius 1 is 0.905 bits per heavy atom. The quantitative estimate of drug-likeness (QED) is 0.109. The number of amides is 4. The van der Waals surface area contributed by atoms with Gasteiger partial charge in [-0.05, 0) is 73.1 Å². The van der Waals surface area contributed by atoms with E-state index in [1.165, 1.54) is 38.0 Å². The average Bonchev–Trinajstić information content (AvgIpc) is 4.05. The third-order valence-corrected chi connectivity index (χ3v) is 11.9. The van der Waals surface area contributed by atoms with Crippen LogP contribution in [0.1, 0.15) is 79.3 Å². The maximum atomic E-state index is 14.6. The summed E-state index contributed by atoms with van der Waals surface area (Å²) in [5, 5.41) is 5.06. The number of nitrogens with one attached hydrogen (secondary N) is 4. The summed E-state index contributed by atoms with van der Waals surface area (Å²) in [7, 11) is 1.24. The zero-order valence-corrected chi connectivity index (χ0v) is 36.2. The van der Waals surface area contributed by atoms with Gasteiger partial charge < -0.3 is 40.0 Å². The van der Waals surface area contributed by atoms with Crippen molar-refractivity contribution in [2.45, 2.75) is 71.4 Å². The Morgan fingerprint density at radius 3 is 2.27 bits per heavy atom. The number of halogens is 4. The van der Waals surface area contributed by atoms with Gasteiger partial charge in [-0.2, -0.15) is 13.2 Å². The number of benzene rings is 2. The summed E-state index contributed by atoms with van der Waals surface area (Å²) in [5.74, 6) is -0.0288. The van der Waals surface area contributed by atoms with Crippen molar-refractivity contribution < 1.29 is 37.1 Å². The first-order valence-electron chi connectivity index (χ1n) is 20.5. The van der Waals surface area contributed by atoms with Crippen LogP contribution >= 0.6 is 11.6 Å². The second kappa shape index (κ2) is 18.1. The second-order valence-corrected chi connectivity index (χ2v) is 16.9. The van der Waals surface area contributed by atoms with Gasteiger partial charge in [0, 0.05) is 37.9 Å². The number of H-pyrrole nitrogens is 2. The van der Waals surface area contributed by atoms with E-state index in [1.54, 1.807) is 46.3 Å². The highest BCUT2D eigenvalue weighted by Gasteiger charge is 2.41. The Kier molecular flexibility index (Phi) is 12.8. The Balaban J connectivity index is 1.04. The van der Waals surface area contributed by atoms with Crippen molar-refractivity contribution in [3.63, 3.8) is 0 Å². The fourth-order valence-electron chi connectivity index (χ4n) is 8.19. The summed E-state index contributed by atoms with van der Waals surface area (Å²) in [6.07, 6.45) is 1.02. The van der Waals surface area contributed by atoms with Crippen LogP contribution in [-0.4, -0.2) is 103 Å². The minimum atomic E-state index is -4.80. The standard InChI is InChI=1S/C44H48ClF3N10O5/c1-23(2)38(55-43(62)63-6)42(61)58-19-24(3)13-36(58)39-51-18-34(53-39)28-9-7-27(8-10-28)30-14-32(45)33(15-31(30)44(46,47)48)54-40(59)29-11-12-37(50-16-29)56-20-26(5)57(21-25(56)4)41(60)35-17-49-22-52-35/h7-12,14-18,22-26,36,38H,13,19-21H2,1-6H3,(H,49,52)(H,51,53)(H,54,59)(H,55,62). The third-order valence-electron chi connectivity index (χ3n) is 11.5. The van der Waals surface area contributed by atoms with Crippen LogP contribution in [0, 0.1) is 11.8 Å². The third kappa shape index (κ3) is 9.50. The van der Waals surface area contributed by atoms with E-state index in [0.717, 1.165) is 6.07 Å². The van der Waals surface area contributed by atoms with Gasteiger partial charge in [-0.15, -0.1) is 0 Å². The molecule has 2 fully saturated rings. The van der Waals surface area contributed by atoms with Gasteiger partial charge in [0.25, 0.3) is 11.8 Å². The number of pyridine rings is 1. The number of carbonyl (C=O) groups excluding carboxylic acids is 4. The van der Waals surface area contributed by atoms with Gasteiger partial charge >= 0.3 is 12.3 Å². The van der Waals surface area contributed by atoms with Gasteiger partial charge in [0.1, 0.15) is 23.4 Å². The molecule has 0 saturated carbocycles. The molecule has 5 unspecified atom stereocenters. The molecule has 4 amide bonds. The van der Waals surface area contributed by atoms with Crippen molar-refractivity contribution in [3.05, 3.63) is 101 Å². The maximum Gasteiger partial charge on any atom is 0.417 e. The molecular weight excluding hydrogens is 841 g/mol. The van der Waals surface area contributed by atoms with Crippen LogP contribution in [0.2, 0.25) is 5.02 Å². The monoisotopic (exact) mass is 888 g/mol. The summed E-state index contributed by atoms with van der Waals surface area (Å²) < 4.78 is 48.7. The predicted molar refractivity (Wildman–Crippen MR) is 230 cm³/mol. The van der Waals surface area contributed by atoms with Gasteiger partial charge in [0.2, 0.25) is 5.91 Å². The first kappa shape index (κ1) is 44.6. The first-order valence-corrected chi connectivity index (χ1v) is 20.9. The van der Waals surface area contributed by atoms with Gasteiger partial charge in [0.15, 0.2) is 0 Å². The summed E-state index contributed by atoms with van der Waals surface area (Å²) in [6, 6.07) is 10.1. The van der Waals surface area contributed by atoms with E-state index in [9.17, 15) is 32.3 Å². The largest absolute Gasteiger partial charge is 0.453 e. The van der Waals surface area contributed by atoms with Crippen molar-refractivity contribution in [1.82, 2.24) is 40.0 Å². The molecule has 63 heavy (non-hydrogen) atoms. The molecule has 3 aromatic heterocycles. The number of imidazole rings is 2. The zero-order chi connectivity index (χ0) is 45.3. The summed E-state index contributed by atoms with van der Waals surface area (Å²) in [4.78, 5) is 76.7. The fraction of sp³-hybridized carbons (Fsp3) is 0.386. The number of anilines is 2. The number of alkyl halides is 3. The average molecular weight is 889 g/mol. The summed E-state index contributed by atoms with van der Waals surface area (Å²) in [5.41, 5.74) is 0.573. The molecule has 2 aliphatic rings. The minimum absolute atomic E-state index is 0.102. The molecule has 2 saturated heterocycles. The van der Waals surface area contributed by atoms with E-state index in [1.807, 2.05) is 39.5 Å². The molecule has 0 radical (unpaired) electrons. The molecule has 2 aromatic carbocycles. The molecule has 5 heterocycles. The molecule has 2 aliphatic heterocycles. The van der Waals surface area contributed by atoms with E-state index < -0.39 is 29.8 Å². The lowest BCUT2D eigenvalue weighted by atomic mass is 9.97. The van der Waals surface area contributed by atoms with Crippen molar-refractivity contribution in [2.24, 2.45) is 11.8 Å². The van der Waals surface area contributed by atoms with Gasteiger partial charge in [-0.3, -0.25) is 14.4 Å². The molecule has 0 aliphatic carbocycles. The van der Waals surface area contributed by atoms with Crippen LogP contribution in [0.15, 0.2) is 73.4 Å². The van der Waals surface area contributed by atoms with Crippen LogP contribution in [0.3, 0.4) is 0 Å². The number of alkyl carbamates (subject to hydrolysis) is 1. The molecule has 0 spiro atoms. The molecule has 7 rings (SSSR count). The number of hydrogen-bond donors (Lipinski definition) is 4. The fourth-order valence-corrected chi connectivity index (χ4v) is 8.40. The van der Waals surface area contributed by atoms with Gasteiger partial charge in [-0.1, -0.05) is 56.6 Å². The van der Waals surface area contributed by atoms with Gasteiger partial charge in [0.05, 0.1) is 59.4 Å². The van der Waals surface area contributed by atoms with Crippen LogP contribution in [0.25, 0.3) is 22.4 Å². The van der Waals surface area contributed by atoms with E-state index in [4.69, 9.17) is 16.3 Å². The number of piperazine rings is 1. The normalized spacial score (nSPS) is 19.6. The maximum absolute atomic E-state index is 14.6. The van der Waals surface area contributed by atoms with Crippen LogP contribution < -0.4 is 15.5 Å². The SMILES string of the molecule is COC(=O)NC(C(=O)N1CC(C)CC1c1ncc(-c2ccc(-c3cc(Cl)c(NC(=O)c4ccc(N5CC(C)N(C(=O)c6cnc[nH]6)CC5C)nc4)cc3C(F)(F)F)cc2)[nH]1)C(C)C. The Morgan fingerprint density at radius 2 is 1.63 bits per heavy atom. The number of carbonyl (C=O) groups is 4. The number of aromatic amines is 2. The molecular formula is C44H48ClF3N10O5. The van der Waals surface area contributed by atoms with Crippen LogP contribution in [0.5, 0.6) is 0 Å². The van der Waals surface area contributed by atoms with Crippen molar-refractivity contribution in [3.8, 4) is 22.4 Å². The Hall–Kier alpha value is -6.43. The number of ether oxygens (including phenoxy) is 1. The number of aromatic nitrogens is 5. The number of likely N-dealkylation sites (tertiary alicyclic amines) is 1. The number of rotatable bonds is 10. The smallest absolute Gasteiger partial charge is 0.417 e. The number of nitrogens with zero attached hydrogens (tertiary/aromatic N) is 6. The lowest BCUT2D eigenvalue weighted by molar-refractivity contribution is -0.137. The summed E-state index contributed by atoms with van der Waals surface area (Å²) >= 11 is 6.56. The molecule has 4 N–H and O–H groups in total. The van der Waals surface area contributed by atoms with Gasteiger partial charge in [-0.25, -0.2) is 19.7 Å². The molecule has 5 aromatic rings.